The number of hydrogen-bond donors (Lipinski definition) is 4. The molecule has 0 spiro atoms. The standard InChI is InChI=1S/C43H48F2N10O5S/c1-43(2,60)31-16-34-25(13-35(31)48-40(58)36-23-61-41(49-36)26-17-46-47-18-26)22-55(51-34)28-5-3-24(4-6-28)19-52-9-11-53(12-10-52)42(59)27-20-54(21-27)29-14-32(44)38(33(45)15-29)30-7-8-37(56)50-39(30)57/h13-18,22-24,27-28,30,60H,3-12,19-21H2,1-2H3,(H,46,47)(H,48,58)(H,50,56,57)/t24?,28?,30-/m1/s1. The zero-order chi connectivity index (χ0) is 42.6. The second-order valence-electron chi connectivity index (χ2n) is 17.3. The van der Waals surface area contributed by atoms with Crippen LogP contribution in [0, 0.1) is 23.5 Å². The van der Waals surface area contributed by atoms with E-state index in [9.17, 15) is 24.3 Å². The van der Waals surface area contributed by atoms with Gasteiger partial charge in [-0.15, -0.1) is 11.3 Å². The number of nitrogens with one attached hydrogen (secondary N) is 3. The van der Waals surface area contributed by atoms with Crippen LogP contribution in [0.1, 0.15) is 85.9 Å². The van der Waals surface area contributed by atoms with Gasteiger partial charge in [0.25, 0.3) is 5.91 Å². The van der Waals surface area contributed by atoms with E-state index in [-0.39, 0.29) is 47.9 Å². The van der Waals surface area contributed by atoms with E-state index in [2.05, 4.69) is 30.7 Å². The van der Waals surface area contributed by atoms with Crippen LogP contribution in [0.15, 0.2) is 48.2 Å². The topological polar surface area (TPSA) is 182 Å². The highest BCUT2D eigenvalue weighted by Gasteiger charge is 2.39. The Morgan fingerprint density at radius 1 is 1.00 bits per heavy atom. The summed E-state index contributed by atoms with van der Waals surface area (Å²) >= 11 is 1.35. The minimum absolute atomic E-state index is 0.0271. The van der Waals surface area contributed by atoms with Crippen molar-refractivity contribution in [3.8, 4) is 10.6 Å². The number of aromatic nitrogens is 5. The summed E-state index contributed by atoms with van der Waals surface area (Å²) in [4.78, 5) is 61.0. The average Bonchev–Trinajstić information content (AvgIpc) is 4.00. The average molecular weight is 855 g/mol. The number of hydrogen-bond acceptors (Lipinski definition) is 11. The van der Waals surface area contributed by atoms with Gasteiger partial charge in [-0.3, -0.25) is 39.2 Å². The van der Waals surface area contributed by atoms with Crippen molar-refractivity contribution in [2.24, 2.45) is 11.8 Å². The second-order valence-corrected chi connectivity index (χ2v) is 18.2. The fraction of sp³-hybridized carbons (Fsp3) is 0.465. The van der Waals surface area contributed by atoms with Gasteiger partial charge in [-0.1, -0.05) is 0 Å². The molecule has 0 bridgehead atoms. The summed E-state index contributed by atoms with van der Waals surface area (Å²) in [6.07, 6.45) is 9.55. The largest absolute Gasteiger partial charge is 0.386 e. The molecule has 320 valence electrons. The first-order valence-electron chi connectivity index (χ1n) is 20.9. The quantitative estimate of drug-likeness (QED) is 0.137. The molecule has 3 aliphatic heterocycles. The lowest BCUT2D eigenvalue weighted by Gasteiger charge is -2.44. The number of imide groups is 1. The summed E-state index contributed by atoms with van der Waals surface area (Å²) in [7, 11) is 0. The molecule has 9 rings (SSSR count). The van der Waals surface area contributed by atoms with Gasteiger partial charge in [-0.05, 0) is 76.1 Å². The number of fused-ring (bicyclic) bond motifs is 1. The maximum absolute atomic E-state index is 15.1. The summed E-state index contributed by atoms with van der Waals surface area (Å²) in [5.41, 5.74) is 1.67. The maximum Gasteiger partial charge on any atom is 0.275 e. The van der Waals surface area contributed by atoms with E-state index >= 15 is 8.78 Å². The fourth-order valence-electron chi connectivity index (χ4n) is 9.22. The number of benzene rings is 2. The highest BCUT2D eigenvalue weighted by atomic mass is 32.1. The van der Waals surface area contributed by atoms with Gasteiger partial charge in [0.1, 0.15) is 22.3 Å². The minimum Gasteiger partial charge on any atom is -0.386 e. The number of thiazole rings is 1. The maximum atomic E-state index is 15.1. The van der Waals surface area contributed by atoms with Crippen molar-refractivity contribution in [3.63, 3.8) is 0 Å². The number of aromatic amines is 1. The van der Waals surface area contributed by atoms with Crippen LogP contribution < -0.4 is 15.5 Å². The molecule has 5 aromatic rings. The number of piperidine rings is 1. The molecule has 1 atom stereocenters. The third-order valence-corrected chi connectivity index (χ3v) is 13.6. The molecule has 6 heterocycles. The predicted molar refractivity (Wildman–Crippen MR) is 224 cm³/mol. The van der Waals surface area contributed by atoms with Crippen molar-refractivity contribution in [1.29, 1.82) is 0 Å². The van der Waals surface area contributed by atoms with Gasteiger partial charge >= 0.3 is 0 Å². The molecule has 15 nitrogen and oxygen atoms in total. The monoisotopic (exact) mass is 854 g/mol. The number of rotatable bonds is 10. The van der Waals surface area contributed by atoms with Gasteiger partial charge in [0.2, 0.25) is 17.7 Å². The van der Waals surface area contributed by atoms with Crippen LogP contribution in [-0.4, -0.2) is 109 Å². The molecule has 4 N–H and O–H groups in total. The van der Waals surface area contributed by atoms with E-state index in [0.29, 0.717) is 54.0 Å². The highest BCUT2D eigenvalue weighted by Crippen LogP contribution is 2.38. The third-order valence-electron chi connectivity index (χ3n) is 12.7. The van der Waals surface area contributed by atoms with Crippen LogP contribution in [0.5, 0.6) is 0 Å². The van der Waals surface area contributed by atoms with E-state index in [4.69, 9.17) is 5.10 Å². The summed E-state index contributed by atoms with van der Waals surface area (Å²) in [6.45, 7) is 7.94. The molecule has 1 aliphatic carbocycles. The van der Waals surface area contributed by atoms with Crippen molar-refractivity contribution in [1.82, 2.24) is 40.1 Å². The van der Waals surface area contributed by atoms with E-state index in [1.807, 2.05) is 27.9 Å². The molecule has 18 heteroatoms. The Bertz CT molecular complexity index is 2450. The molecule has 4 amide bonds. The van der Waals surface area contributed by atoms with E-state index in [0.717, 1.165) is 61.8 Å². The third kappa shape index (κ3) is 8.40. The number of nitrogens with zero attached hydrogens (tertiary/aromatic N) is 7. The Balaban J connectivity index is 0.747. The van der Waals surface area contributed by atoms with E-state index in [1.54, 1.807) is 36.5 Å². The smallest absolute Gasteiger partial charge is 0.275 e. The fourth-order valence-corrected chi connectivity index (χ4v) is 10.0. The normalized spacial score (nSPS) is 21.8. The Morgan fingerprint density at radius 2 is 1.74 bits per heavy atom. The Labute approximate surface area is 354 Å². The molecule has 4 fully saturated rings. The number of H-pyrrole nitrogens is 1. The first-order valence-corrected chi connectivity index (χ1v) is 21.8. The second kappa shape index (κ2) is 16.4. The first-order chi connectivity index (χ1) is 29.3. The number of aliphatic hydroxyl groups is 1. The molecule has 0 unspecified atom stereocenters. The van der Waals surface area contributed by atoms with Crippen LogP contribution in [0.2, 0.25) is 0 Å². The van der Waals surface area contributed by atoms with Crippen LogP contribution >= 0.6 is 11.3 Å². The van der Waals surface area contributed by atoms with Crippen LogP contribution in [0.4, 0.5) is 20.2 Å². The lowest BCUT2D eigenvalue weighted by atomic mass is 9.85. The van der Waals surface area contributed by atoms with Gasteiger partial charge in [-0.2, -0.15) is 10.2 Å². The molecule has 3 aromatic heterocycles. The predicted octanol–water partition coefficient (Wildman–Crippen LogP) is 5.17. The van der Waals surface area contributed by atoms with Gasteiger partial charge in [0.05, 0.1) is 35.2 Å². The van der Waals surface area contributed by atoms with Crippen molar-refractivity contribution in [2.75, 3.05) is 56.0 Å². The molecular weight excluding hydrogens is 807 g/mol. The molecule has 1 saturated carbocycles. The first kappa shape index (κ1) is 40.8. The molecule has 4 aliphatic rings. The van der Waals surface area contributed by atoms with Crippen LogP contribution in [0.25, 0.3) is 21.5 Å². The summed E-state index contributed by atoms with van der Waals surface area (Å²) in [6, 6.07) is 6.38. The SMILES string of the molecule is CC(C)(O)c1cc2nn(C3CCC(CN4CCN(C(=O)C5CN(c6cc(F)c([C@H]7CCC(=O)NC7=O)c(F)c6)C5)CC4)CC3)cc2cc1NC(=O)c1csc(-c2cn[nH]c2)n1. The van der Waals surface area contributed by atoms with Crippen molar-refractivity contribution < 1.29 is 33.1 Å². The lowest BCUT2D eigenvalue weighted by molar-refractivity contribution is -0.138. The lowest BCUT2D eigenvalue weighted by Crippen LogP contribution is -2.58. The highest BCUT2D eigenvalue weighted by molar-refractivity contribution is 7.13. The zero-order valence-electron chi connectivity index (χ0n) is 34.0. The molecular formula is C43H48F2N10O5S. The number of amides is 4. The zero-order valence-corrected chi connectivity index (χ0v) is 34.8. The van der Waals surface area contributed by atoms with Crippen molar-refractivity contribution in [3.05, 3.63) is 76.7 Å². The molecule has 3 saturated heterocycles. The molecule has 0 radical (unpaired) electrons. The van der Waals surface area contributed by atoms with Crippen molar-refractivity contribution >= 4 is 57.2 Å². The number of anilines is 2. The Morgan fingerprint density at radius 3 is 2.41 bits per heavy atom. The van der Waals surface area contributed by atoms with Gasteiger partial charge in [0.15, 0.2) is 0 Å². The van der Waals surface area contributed by atoms with E-state index < -0.39 is 35.0 Å². The Hall–Kier alpha value is -5.59. The minimum atomic E-state index is -1.24. The van der Waals surface area contributed by atoms with Crippen molar-refractivity contribution in [2.45, 2.75) is 69.9 Å². The summed E-state index contributed by atoms with van der Waals surface area (Å²) in [5.74, 6) is -3.87. The number of carbonyl (C=O) groups excluding carboxylic acids is 4. The van der Waals surface area contributed by atoms with Crippen LogP contribution in [-0.2, 0) is 20.0 Å². The van der Waals surface area contributed by atoms with Gasteiger partial charge in [0, 0.05) is 103 Å². The summed E-state index contributed by atoms with van der Waals surface area (Å²) < 4.78 is 32.2. The van der Waals surface area contributed by atoms with E-state index in [1.165, 1.54) is 23.5 Å². The van der Waals surface area contributed by atoms with Crippen LogP contribution in [0.3, 0.4) is 0 Å². The summed E-state index contributed by atoms with van der Waals surface area (Å²) in [5, 5.41) is 31.1. The van der Waals surface area contributed by atoms with Gasteiger partial charge in [-0.25, -0.2) is 13.8 Å². The Kier molecular flexibility index (Phi) is 10.9. The number of carbonyl (C=O) groups is 4. The molecule has 2 aromatic carbocycles. The van der Waals surface area contributed by atoms with Gasteiger partial charge < -0.3 is 20.2 Å². The molecule has 61 heavy (non-hydrogen) atoms. The number of halogens is 2. The number of piperazine rings is 1.